The first-order chi connectivity index (χ1) is 15.0. The fourth-order valence-electron chi connectivity index (χ4n) is 2.67. The number of hydrogen-bond acceptors (Lipinski definition) is 5. The molecular formula is C23H20Cl2N2O4. The summed E-state index contributed by atoms with van der Waals surface area (Å²) in [4.78, 5) is 12.3. The van der Waals surface area contributed by atoms with Gasteiger partial charge < -0.3 is 14.2 Å². The van der Waals surface area contributed by atoms with Gasteiger partial charge in [-0.3, -0.25) is 4.79 Å². The summed E-state index contributed by atoms with van der Waals surface area (Å²) in [5.74, 6) is 1.46. The Bertz CT molecular complexity index is 1090. The molecule has 0 aliphatic carbocycles. The molecule has 1 N–H and O–H groups in total. The molecule has 0 aromatic heterocycles. The number of nitrogens with zero attached hydrogens (tertiary/aromatic N) is 1. The van der Waals surface area contributed by atoms with Gasteiger partial charge in [0.25, 0.3) is 5.91 Å². The molecule has 31 heavy (non-hydrogen) atoms. The molecule has 0 radical (unpaired) electrons. The number of halogens is 2. The van der Waals surface area contributed by atoms with Crippen LogP contribution in [0.3, 0.4) is 0 Å². The van der Waals surface area contributed by atoms with Crippen LogP contribution in [0, 0.1) is 0 Å². The van der Waals surface area contributed by atoms with E-state index in [1.165, 1.54) is 6.21 Å². The molecule has 0 unspecified atom stereocenters. The Hall–Kier alpha value is -3.22. The number of hydrogen-bond donors (Lipinski definition) is 1. The van der Waals surface area contributed by atoms with Gasteiger partial charge in [0.15, 0.2) is 11.5 Å². The van der Waals surface area contributed by atoms with Gasteiger partial charge in [-0.15, -0.1) is 0 Å². The third-order valence-electron chi connectivity index (χ3n) is 4.31. The van der Waals surface area contributed by atoms with Gasteiger partial charge >= 0.3 is 0 Å². The predicted octanol–water partition coefficient (Wildman–Crippen LogP) is 5.35. The minimum atomic E-state index is -0.343. The quantitative estimate of drug-likeness (QED) is 0.364. The Morgan fingerprint density at radius 1 is 0.968 bits per heavy atom. The maximum absolute atomic E-state index is 12.3. The van der Waals surface area contributed by atoms with E-state index in [0.717, 1.165) is 11.1 Å². The van der Waals surface area contributed by atoms with E-state index in [1.54, 1.807) is 68.8 Å². The number of benzene rings is 3. The highest BCUT2D eigenvalue weighted by molar-refractivity contribution is 6.35. The van der Waals surface area contributed by atoms with Crippen molar-refractivity contribution < 1.29 is 19.0 Å². The molecule has 1 amide bonds. The second kappa shape index (κ2) is 10.7. The Morgan fingerprint density at radius 3 is 2.39 bits per heavy atom. The van der Waals surface area contributed by atoms with Crippen molar-refractivity contribution in [3.05, 3.63) is 87.4 Å². The van der Waals surface area contributed by atoms with Crippen LogP contribution in [-0.2, 0) is 6.61 Å². The number of carbonyl (C=O) groups is 1. The highest BCUT2D eigenvalue weighted by Crippen LogP contribution is 2.27. The van der Waals surface area contributed by atoms with Crippen molar-refractivity contribution in [2.24, 2.45) is 5.10 Å². The standard InChI is InChI=1S/C23H20Cl2N2O4/c1-29-21-10-3-15(11-22(21)30-2)13-26-27-23(28)16-5-8-19(9-6-16)31-14-17-4-7-18(24)12-20(17)25/h3-13H,14H2,1-2H3,(H,27,28)/b26-13+. The molecule has 0 atom stereocenters. The SMILES string of the molecule is COc1ccc(/C=N/NC(=O)c2ccc(OCc3ccc(Cl)cc3Cl)cc2)cc1OC. The second-order valence-electron chi connectivity index (χ2n) is 6.36. The maximum Gasteiger partial charge on any atom is 0.271 e. The highest BCUT2D eigenvalue weighted by Gasteiger charge is 2.07. The van der Waals surface area contributed by atoms with E-state index in [9.17, 15) is 4.79 Å². The summed E-state index contributed by atoms with van der Waals surface area (Å²) in [5, 5.41) is 5.09. The Morgan fingerprint density at radius 2 is 1.71 bits per heavy atom. The summed E-state index contributed by atoms with van der Waals surface area (Å²) >= 11 is 12.0. The predicted molar refractivity (Wildman–Crippen MR) is 122 cm³/mol. The number of carbonyl (C=O) groups excluding carboxylic acids is 1. The molecular weight excluding hydrogens is 439 g/mol. The summed E-state index contributed by atoms with van der Waals surface area (Å²) < 4.78 is 16.2. The van der Waals surface area contributed by atoms with E-state index in [4.69, 9.17) is 37.4 Å². The first-order valence-corrected chi connectivity index (χ1v) is 9.98. The molecule has 0 saturated carbocycles. The largest absolute Gasteiger partial charge is 0.493 e. The molecule has 0 bridgehead atoms. The van der Waals surface area contributed by atoms with Crippen LogP contribution in [0.5, 0.6) is 17.2 Å². The average Bonchev–Trinajstić information content (AvgIpc) is 2.78. The molecule has 160 valence electrons. The Balaban J connectivity index is 1.55. The van der Waals surface area contributed by atoms with Crippen LogP contribution in [0.1, 0.15) is 21.5 Å². The van der Waals surface area contributed by atoms with E-state index in [2.05, 4.69) is 10.5 Å². The van der Waals surface area contributed by atoms with Crippen molar-refractivity contribution in [1.82, 2.24) is 5.43 Å². The summed E-state index contributed by atoms with van der Waals surface area (Å²) in [6.45, 7) is 0.289. The fourth-order valence-corrected chi connectivity index (χ4v) is 3.13. The normalized spacial score (nSPS) is 10.7. The zero-order valence-electron chi connectivity index (χ0n) is 16.9. The molecule has 0 heterocycles. The fraction of sp³-hybridized carbons (Fsp3) is 0.130. The Labute approximate surface area is 190 Å². The van der Waals surface area contributed by atoms with Gasteiger partial charge in [-0.05, 0) is 60.2 Å². The lowest BCUT2D eigenvalue weighted by atomic mass is 10.2. The van der Waals surface area contributed by atoms with Gasteiger partial charge in [-0.1, -0.05) is 29.3 Å². The van der Waals surface area contributed by atoms with Gasteiger partial charge in [-0.2, -0.15) is 5.10 Å². The summed E-state index contributed by atoms with van der Waals surface area (Å²) in [6, 6.07) is 17.3. The highest BCUT2D eigenvalue weighted by atomic mass is 35.5. The first kappa shape index (κ1) is 22.5. The van der Waals surface area contributed by atoms with Crippen LogP contribution in [0.25, 0.3) is 0 Å². The summed E-state index contributed by atoms with van der Waals surface area (Å²) in [7, 11) is 3.12. The number of ether oxygens (including phenoxy) is 3. The van der Waals surface area contributed by atoms with Gasteiger partial charge in [0.2, 0.25) is 0 Å². The van der Waals surface area contributed by atoms with E-state index >= 15 is 0 Å². The van der Waals surface area contributed by atoms with E-state index < -0.39 is 0 Å². The van der Waals surface area contributed by atoms with Crippen LogP contribution in [-0.4, -0.2) is 26.3 Å². The number of hydrazone groups is 1. The third-order valence-corrected chi connectivity index (χ3v) is 4.90. The molecule has 0 aliphatic heterocycles. The molecule has 0 saturated heterocycles. The van der Waals surface area contributed by atoms with Crippen LogP contribution in [0.15, 0.2) is 65.8 Å². The monoisotopic (exact) mass is 458 g/mol. The lowest BCUT2D eigenvalue weighted by Crippen LogP contribution is -2.17. The van der Waals surface area contributed by atoms with Crippen molar-refractivity contribution in [1.29, 1.82) is 0 Å². The molecule has 3 aromatic rings. The van der Waals surface area contributed by atoms with Crippen LogP contribution >= 0.6 is 23.2 Å². The number of rotatable bonds is 8. The van der Waals surface area contributed by atoms with E-state index in [1.807, 2.05) is 6.07 Å². The smallest absolute Gasteiger partial charge is 0.271 e. The van der Waals surface area contributed by atoms with Gasteiger partial charge in [0.05, 0.1) is 20.4 Å². The van der Waals surface area contributed by atoms with Crippen molar-refractivity contribution >= 4 is 35.3 Å². The number of amides is 1. The summed E-state index contributed by atoms with van der Waals surface area (Å²) in [6.07, 6.45) is 1.52. The minimum Gasteiger partial charge on any atom is -0.493 e. The lowest BCUT2D eigenvalue weighted by Gasteiger charge is -2.09. The maximum atomic E-state index is 12.3. The van der Waals surface area contributed by atoms with Crippen molar-refractivity contribution in [2.45, 2.75) is 6.61 Å². The van der Waals surface area contributed by atoms with Crippen LogP contribution in [0.4, 0.5) is 0 Å². The van der Waals surface area contributed by atoms with E-state index in [0.29, 0.717) is 32.9 Å². The zero-order chi connectivity index (χ0) is 22.2. The number of methoxy groups -OCH3 is 2. The van der Waals surface area contributed by atoms with Crippen molar-refractivity contribution in [3.63, 3.8) is 0 Å². The summed E-state index contributed by atoms with van der Waals surface area (Å²) in [5.41, 5.74) is 4.51. The van der Waals surface area contributed by atoms with Gasteiger partial charge in [-0.25, -0.2) is 5.43 Å². The molecule has 6 nitrogen and oxygen atoms in total. The van der Waals surface area contributed by atoms with Crippen molar-refractivity contribution in [2.75, 3.05) is 14.2 Å². The second-order valence-corrected chi connectivity index (χ2v) is 7.21. The molecule has 3 aromatic carbocycles. The zero-order valence-corrected chi connectivity index (χ0v) is 18.4. The molecule has 8 heteroatoms. The molecule has 0 fully saturated rings. The Kier molecular flexibility index (Phi) is 7.76. The number of nitrogens with one attached hydrogen (secondary N) is 1. The minimum absolute atomic E-state index is 0.289. The van der Waals surface area contributed by atoms with Crippen LogP contribution in [0.2, 0.25) is 10.0 Å². The topological polar surface area (TPSA) is 69.2 Å². The van der Waals surface area contributed by atoms with Gasteiger partial charge in [0, 0.05) is 21.2 Å². The molecule has 0 spiro atoms. The first-order valence-electron chi connectivity index (χ1n) is 9.22. The molecule has 0 aliphatic rings. The van der Waals surface area contributed by atoms with Crippen molar-refractivity contribution in [3.8, 4) is 17.2 Å². The van der Waals surface area contributed by atoms with Crippen LogP contribution < -0.4 is 19.6 Å². The van der Waals surface area contributed by atoms with Gasteiger partial charge in [0.1, 0.15) is 12.4 Å². The average molecular weight is 459 g/mol. The third kappa shape index (κ3) is 6.13. The lowest BCUT2D eigenvalue weighted by molar-refractivity contribution is 0.0955. The molecule has 3 rings (SSSR count). The van der Waals surface area contributed by atoms with E-state index in [-0.39, 0.29) is 12.5 Å².